The zero-order chi connectivity index (χ0) is 22.5. The number of aliphatic hydroxyl groups is 1. The molecule has 0 saturated heterocycles. The van der Waals surface area contributed by atoms with Crippen molar-refractivity contribution in [2.75, 3.05) is 13.7 Å². The highest BCUT2D eigenvalue weighted by Crippen LogP contribution is 2.38. The summed E-state index contributed by atoms with van der Waals surface area (Å²) in [7, 11) is 1.61. The third kappa shape index (κ3) is 4.44. The molecule has 0 spiro atoms. The lowest BCUT2D eigenvalue weighted by atomic mass is 9.96. The van der Waals surface area contributed by atoms with Crippen LogP contribution in [0.25, 0.3) is 0 Å². The van der Waals surface area contributed by atoms with Crippen LogP contribution in [0.3, 0.4) is 0 Å². The van der Waals surface area contributed by atoms with Gasteiger partial charge in [-0.05, 0) is 48.2 Å². The molecular formula is C26H25NO5. The van der Waals surface area contributed by atoms with Crippen LogP contribution >= 0.6 is 0 Å². The lowest BCUT2D eigenvalue weighted by Gasteiger charge is -2.25. The highest BCUT2D eigenvalue weighted by molar-refractivity contribution is 6.08. The van der Waals surface area contributed by atoms with E-state index >= 15 is 0 Å². The lowest BCUT2D eigenvalue weighted by Crippen LogP contribution is -2.32. The second kappa shape index (κ2) is 9.56. The zero-order valence-corrected chi connectivity index (χ0v) is 17.9. The summed E-state index contributed by atoms with van der Waals surface area (Å²) in [5.74, 6) is -0.0829. The van der Waals surface area contributed by atoms with Crippen molar-refractivity contribution in [1.82, 2.24) is 4.90 Å². The first-order valence-corrected chi connectivity index (χ1v) is 10.6. The summed E-state index contributed by atoms with van der Waals surface area (Å²) in [4.78, 5) is 27.6. The first-order chi connectivity index (χ1) is 15.6. The minimum atomic E-state index is -0.737. The van der Waals surface area contributed by atoms with Gasteiger partial charge in [-0.15, -0.1) is 0 Å². The van der Waals surface area contributed by atoms with Crippen LogP contribution in [-0.4, -0.2) is 35.4 Å². The molecule has 6 nitrogen and oxygen atoms in total. The number of amides is 1. The summed E-state index contributed by atoms with van der Waals surface area (Å²) in [6, 6.07) is 19.9. The van der Waals surface area contributed by atoms with E-state index in [2.05, 4.69) is 0 Å². The van der Waals surface area contributed by atoms with E-state index in [0.717, 1.165) is 16.9 Å². The Morgan fingerprint density at radius 1 is 1.00 bits per heavy atom. The molecule has 164 valence electrons. The van der Waals surface area contributed by atoms with Crippen molar-refractivity contribution in [3.63, 3.8) is 0 Å². The molecular weight excluding hydrogens is 406 g/mol. The van der Waals surface area contributed by atoms with E-state index in [4.69, 9.17) is 9.15 Å². The molecule has 1 N–H and O–H groups in total. The van der Waals surface area contributed by atoms with Crippen molar-refractivity contribution < 1.29 is 23.8 Å². The van der Waals surface area contributed by atoms with Gasteiger partial charge in [-0.25, -0.2) is 0 Å². The predicted octanol–water partition coefficient (Wildman–Crippen LogP) is 4.43. The number of aryl methyl sites for hydroxylation is 1. The lowest BCUT2D eigenvalue weighted by molar-refractivity contribution is -0.129. The Hall–Kier alpha value is -3.80. The SMILES string of the molecule is COc1ccc(CCN2C(=O)C(O)=C(C(=O)CCc3ccccc3)C2c2ccco2)cc1. The Kier molecular flexibility index (Phi) is 6.40. The maximum absolute atomic E-state index is 13.1. The quantitative estimate of drug-likeness (QED) is 0.542. The number of hydrogen-bond acceptors (Lipinski definition) is 5. The number of nitrogens with zero attached hydrogens (tertiary/aromatic N) is 1. The van der Waals surface area contributed by atoms with E-state index in [-0.39, 0.29) is 17.8 Å². The molecule has 2 aromatic carbocycles. The highest BCUT2D eigenvalue weighted by atomic mass is 16.5. The average Bonchev–Trinajstić information content (AvgIpc) is 3.44. The molecule has 1 aliphatic rings. The molecule has 1 aromatic heterocycles. The van der Waals surface area contributed by atoms with Gasteiger partial charge in [0.1, 0.15) is 17.6 Å². The molecule has 4 rings (SSSR count). The standard InChI is InChI=1S/C26H25NO5/c1-31-20-12-9-19(10-13-20)15-16-27-24(22-8-5-17-32-22)23(25(29)26(27)30)21(28)14-11-18-6-3-2-4-7-18/h2-10,12-13,17,24,29H,11,14-16H2,1H3. The molecule has 0 fully saturated rings. The van der Waals surface area contributed by atoms with Gasteiger partial charge in [-0.2, -0.15) is 0 Å². The molecule has 2 heterocycles. The first-order valence-electron chi connectivity index (χ1n) is 10.6. The first kappa shape index (κ1) is 21.4. The number of benzene rings is 2. The molecule has 1 atom stereocenters. The monoisotopic (exact) mass is 431 g/mol. The van der Waals surface area contributed by atoms with E-state index in [0.29, 0.717) is 25.1 Å². The second-order valence-electron chi connectivity index (χ2n) is 7.69. The number of ether oxygens (including phenoxy) is 1. The fraction of sp³-hybridized carbons (Fsp3) is 0.231. The molecule has 6 heteroatoms. The predicted molar refractivity (Wildman–Crippen MR) is 119 cm³/mol. The van der Waals surface area contributed by atoms with Crippen molar-refractivity contribution in [2.24, 2.45) is 0 Å². The van der Waals surface area contributed by atoms with E-state index in [1.54, 1.807) is 19.2 Å². The number of carbonyl (C=O) groups excluding carboxylic acids is 2. The maximum Gasteiger partial charge on any atom is 0.290 e. The van der Waals surface area contributed by atoms with Crippen LogP contribution in [0, 0.1) is 0 Å². The molecule has 32 heavy (non-hydrogen) atoms. The summed E-state index contributed by atoms with van der Waals surface area (Å²) in [5, 5.41) is 10.6. The summed E-state index contributed by atoms with van der Waals surface area (Å²) >= 11 is 0. The fourth-order valence-electron chi connectivity index (χ4n) is 3.99. The number of rotatable bonds is 9. The van der Waals surface area contributed by atoms with Gasteiger partial charge in [0, 0.05) is 13.0 Å². The molecule has 1 unspecified atom stereocenters. The van der Waals surface area contributed by atoms with Crippen LogP contribution in [0.4, 0.5) is 0 Å². The van der Waals surface area contributed by atoms with E-state index in [1.807, 2.05) is 54.6 Å². The topological polar surface area (TPSA) is 80.0 Å². The second-order valence-corrected chi connectivity index (χ2v) is 7.69. The Morgan fingerprint density at radius 2 is 1.72 bits per heavy atom. The van der Waals surface area contributed by atoms with Crippen LogP contribution in [0.1, 0.15) is 29.3 Å². The Labute approximate surface area is 186 Å². The molecule has 0 saturated carbocycles. The fourth-order valence-corrected chi connectivity index (χ4v) is 3.99. The van der Waals surface area contributed by atoms with E-state index in [9.17, 15) is 14.7 Å². The summed E-state index contributed by atoms with van der Waals surface area (Å²) < 4.78 is 10.7. The third-order valence-electron chi connectivity index (χ3n) is 5.70. The van der Waals surface area contributed by atoms with Crippen LogP contribution in [0.2, 0.25) is 0 Å². The molecule has 1 amide bonds. The van der Waals surface area contributed by atoms with Crippen molar-refractivity contribution in [3.8, 4) is 5.75 Å². The minimum absolute atomic E-state index is 0.107. The summed E-state index contributed by atoms with van der Waals surface area (Å²) in [6.45, 7) is 0.329. The number of Topliss-reactive ketones (excluding diaryl/α,β-unsaturated/α-hetero) is 1. The summed E-state index contributed by atoms with van der Waals surface area (Å²) in [6.07, 6.45) is 2.79. The number of furan rings is 1. The Morgan fingerprint density at radius 3 is 2.38 bits per heavy atom. The van der Waals surface area contributed by atoms with Crippen LogP contribution in [0.15, 0.2) is 88.7 Å². The smallest absolute Gasteiger partial charge is 0.290 e. The van der Waals surface area contributed by atoms with Crippen molar-refractivity contribution >= 4 is 11.7 Å². The van der Waals surface area contributed by atoms with Gasteiger partial charge >= 0.3 is 0 Å². The van der Waals surface area contributed by atoms with Gasteiger partial charge in [0.05, 0.1) is 18.9 Å². The van der Waals surface area contributed by atoms with E-state index < -0.39 is 17.7 Å². The number of methoxy groups -OCH3 is 1. The van der Waals surface area contributed by atoms with E-state index in [1.165, 1.54) is 11.2 Å². The largest absolute Gasteiger partial charge is 0.503 e. The third-order valence-corrected chi connectivity index (χ3v) is 5.70. The minimum Gasteiger partial charge on any atom is -0.503 e. The molecule has 0 aliphatic carbocycles. The van der Waals surface area contributed by atoms with Crippen LogP contribution in [-0.2, 0) is 22.4 Å². The van der Waals surface area contributed by atoms with Gasteiger partial charge in [0.2, 0.25) is 0 Å². The number of aliphatic hydroxyl groups excluding tert-OH is 1. The number of hydrogen-bond donors (Lipinski definition) is 1. The van der Waals surface area contributed by atoms with Crippen molar-refractivity contribution in [2.45, 2.75) is 25.3 Å². The van der Waals surface area contributed by atoms with Crippen molar-refractivity contribution in [3.05, 3.63) is 101 Å². The molecule has 3 aromatic rings. The Balaban J connectivity index is 1.54. The number of carbonyl (C=O) groups is 2. The average molecular weight is 431 g/mol. The van der Waals surface area contributed by atoms with Crippen LogP contribution in [0.5, 0.6) is 5.75 Å². The van der Waals surface area contributed by atoms with Gasteiger partial charge in [0.15, 0.2) is 11.5 Å². The number of ketones is 1. The molecule has 0 bridgehead atoms. The maximum atomic E-state index is 13.1. The van der Waals surface area contributed by atoms with Gasteiger partial charge < -0.3 is 19.2 Å². The van der Waals surface area contributed by atoms with Gasteiger partial charge in [0.25, 0.3) is 5.91 Å². The molecule has 1 aliphatic heterocycles. The summed E-state index contributed by atoms with van der Waals surface area (Å²) in [5.41, 5.74) is 2.15. The van der Waals surface area contributed by atoms with Crippen molar-refractivity contribution in [1.29, 1.82) is 0 Å². The molecule has 0 radical (unpaired) electrons. The highest BCUT2D eigenvalue weighted by Gasteiger charge is 2.44. The van der Waals surface area contributed by atoms with Gasteiger partial charge in [-0.3, -0.25) is 9.59 Å². The Bertz CT molecular complexity index is 1100. The van der Waals surface area contributed by atoms with Crippen LogP contribution < -0.4 is 4.74 Å². The zero-order valence-electron chi connectivity index (χ0n) is 17.9. The van der Waals surface area contributed by atoms with Gasteiger partial charge in [-0.1, -0.05) is 42.5 Å². The normalized spacial score (nSPS) is 16.0.